The van der Waals surface area contributed by atoms with Gasteiger partial charge in [-0.1, -0.05) is 12.1 Å². The van der Waals surface area contributed by atoms with E-state index in [2.05, 4.69) is 10.4 Å². The van der Waals surface area contributed by atoms with E-state index in [4.69, 9.17) is 9.47 Å². The number of hydrogen-bond donors (Lipinski definition) is 1. The number of ether oxygens (including phenoxy) is 2. The molecule has 2 aliphatic rings. The summed E-state index contributed by atoms with van der Waals surface area (Å²) in [7, 11) is 1.56. The summed E-state index contributed by atoms with van der Waals surface area (Å²) >= 11 is 0. The molecule has 38 heavy (non-hydrogen) atoms. The number of anilines is 1. The molecular formula is C26H26F3N5O4. The fraction of sp³-hybridized carbons (Fsp3) is 0.346. The number of rotatable bonds is 7. The second kappa shape index (κ2) is 10.4. The van der Waals surface area contributed by atoms with Gasteiger partial charge in [-0.05, 0) is 35.4 Å². The smallest absolute Gasteiger partial charge is 0.342 e. The molecule has 1 aromatic heterocycles. The number of halogens is 3. The summed E-state index contributed by atoms with van der Waals surface area (Å²) in [6.45, 7) is -0.0551. The molecule has 0 aliphatic carbocycles. The van der Waals surface area contributed by atoms with E-state index < -0.39 is 23.9 Å². The van der Waals surface area contributed by atoms with Gasteiger partial charge < -0.3 is 19.7 Å². The molecular weight excluding hydrogens is 503 g/mol. The first-order valence-corrected chi connectivity index (χ1v) is 12.0. The van der Waals surface area contributed by atoms with Gasteiger partial charge in [0.15, 0.2) is 0 Å². The first kappa shape index (κ1) is 25.6. The molecule has 0 unspecified atom stereocenters. The van der Waals surface area contributed by atoms with E-state index in [0.717, 1.165) is 10.2 Å². The van der Waals surface area contributed by atoms with Crippen LogP contribution in [0.3, 0.4) is 0 Å². The standard InChI is InChI=1S/C26H26F3N5O4/c1-32-22-11-20(37-8-7-33-15-26(28,29)16-33)5-6-23(22)38-14-21(24(32)35)31-25(36)34-13-18(12-30-34)9-17-3-2-4-19(27)10-17/h2-6,10-13,21H,7-9,14-16H2,1H3,(H,31,36)/t21-/m0/s1. The number of hydrogen-bond acceptors (Lipinski definition) is 6. The fourth-order valence-electron chi connectivity index (χ4n) is 4.39. The van der Waals surface area contributed by atoms with Crippen LogP contribution >= 0.6 is 0 Å². The Morgan fingerprint density at radius 2 is 2.03 bits per heavy atom. The van der Waals surface area contributed by atoms with Crippen LogP contribution < -0.4 is 19.7 Å². The maximum absolute atomic E-state index is 13.4. The highest BCUT2D eigenvalue weighted by Crippen LogP contribution is 2.34. The van der Waals surface area contributed by atoms with Crippen LogP contribution in [0.4, 0.5) is 23.7 Å². The first-order valence-electron chi connectivity index (χ1n) is 12.0. The zero-order chi connectivity index (χ0) is 26.9. The van der Waals surface area contributed by atoms with Gasteiger partial charge in [-0.25, -0.2) is 18.0 Å². The molecule has 3 aromatic rings. The maximum atomic E-state index is 13.4. The van der Waals surface area contributed by atoms with Crippen molar-refractivity contribution in [2.45, 2.75) is 18.4 Å². The molecule has 2 aliphatic heterocycles. The zero-order valence-electron chi connectivity index (χ0n) is 20.6. The quantitative estimate of drug-likeness (QED) is 0.507. The average Bonchev–Trinajstić information content (AvgIpc) is 3.29. The molecule has 3 heterocycles. The summed E-state index contributed by atoms with van der Waals surface area (Å²) in [4.78, 5) is 28.9. The van der Waals surface area contributed by atoms with Gasteiger partial charge in [0.1, 0.15) is 36.6 Å². The largest absolute Gasteiger partial charge is 0.492 e. The molecule has 1 atom stereocenters. The Morgan fingerprint density at radius 3 is 2.79 bits per heavy atom. The summed E-state index contributed by atoms with van der Waals surface area (Å²) in [5.74, 6) is -2.47. The number of likely N-dealkylation sites (tertiary alicyclic amines) is 1. The number of nitrogens with one attached hydrogen (secondary N) is 1. The number of fused-ring (bicyclic) bond motifs is 1. The van der Waals surface area contributed by atoms with Crippen molar-refractivity contribution in [2.75, 3.05) is 44.8 Å². The van der Waals surface area contributed by atoms with Gasteiger partial charge in [0.05, 0.1) is 25.0 Å². The van der Waals surface area contributed by atoms with Crippen molar-refractivity contribution in [2.24, 2.45) is 0 Å². The molecule has 1 saturated heterocycles. The number of benzene rings is 2. The Morgan fingerprint density at radius 1 is 1.21 bits per heavy atom. The van der Waals surface area contributed by atoms with Gasteiger partial charge in [0.2, 0.25) is 0 Å². The van der Waals surface area contributed by atoms with Crippen molar-refractivity contribution in [3.63, 3.8) is 0 Å². The molecule has 0 spiro atoms. The van der Waals surface area contributed by atoms with Crippen LogP contribution in [0.1, 0.15) is 11.1 Å². The molecule has 1 fully saturated rings. The topological polar surface area (TPSA) is 88.9 Å². The van der Waals surface area contributed by atoms with Gasteiger partial charge in [-0.3, -0.25) is 9.69 Å². The summed E-state index contributed by atoms with van der Waals surface area (Å²) in [6, 6.07) is 9.53. The van der Waals surface area contributed by atoms with Gasteiger partial charge in [0, 0.05) is 32.3 Å². The first-order chi connectivity index (χ1) is 18.2. The van der Waals surface area contributed by atoms with Crippen LogP contribution in [0.15, 0.2) is 54.9 Å². The summed E-state index contributed by atoms with van der Waals surface area (Å²) in [5, 5.41) is 6.71. The Kier molecular flexibility index (Phi) is 6.98. The highest BCUT2D eigenvalue weighted by Gasteiger charge is 2.43. The minimum absolute atomic E-state index is 0.0945. The minimum atomic E-state index is -2.63. The number of aromatic nitrogens is 2. The Hall–Kier alpha value is -4.06. The van der Waals surface area contributed by atoms with E-state index in [-0.39, 0.29) is 32.1 Å². The maximum Gasteiger partial charge on any atom is 0.342 e. The molecule has 1 N–H and O–H groups in total. The molecule has 12 heteroatoms. The van der Waals surface area contributed by atoms with E-state index in [9.17, 15) is 22.8 Å². The minimum Gasteiger partial charge on any atom is -0.492 e. The lowest BCUT2D eigenvalue weighted by molar-refractivity contribution is -0.132. The highest BCUT2D eigenvalue weighted by molar-refractivity contribution is 6.00. The molecule has 2 amide bonds. The van der Waals surface area contributed by atoms with Crippen molar-refractivity contribution >= 4 is 17.6 Å². The number of likely N-dealkylation sites (N-methyl/N-ethyl adjacent to an activating group) is 1. The van der Waals surface area contributed by atoms with Crippen LogP contribution in [0.2, 0.25) is 0 Å². The number of nitrogens with zero attached hydrogens (tertiary/aromatic N) is 4. The fourth-order valence-corrected chi connectivity index (χ4v) is 4.39. The normalized spacial score (nSPS) is 18.7. The Labute approximate surface area is 216 Å². The lowest BCUT2D eigenvalue weighted by Gasteiger charge is -2.38. The predicted molar refractivity (Wildman–Crippen MR) is 131 cm³/mol. The highest BCUT2D eigenvalue weighted by atomic mass is 19.3. The van der Waals surface area contributed by atoms with Crippen LogP contribution in [-0.4, -0.2) is 78.5 Å². The molecule has 200 valence electrons. The van der Waals surface area contributed by atoms with Crippen molar-refractivity contribution < 1.29 is 32.2 Å². The second-order valence-electron chi connectivity index (χ2n) is 9.35. The van der Waals surface area contributed by atoms with E-state index >= 15 is 0 Å². The summed E-state index contributed by atoms with van der Waals surface area (Å²) in [5.41, 5.74) is 1.90. The van der Waals surface area contributed by atoms with Gasteiger partial charge in [-0.15, -0.1) is 0 Å². The molecule has 2 aromatic carbocycles. The number of alkyl halides is 2. The zero-order valence-corrected chi connectivity index (χ0v) is 20.6. The molecule has 0 bridgehead atoms. The van der Waals surface area contributed by atoms with Crippen molar-refractivity contribution in [1.82, 2.24) is 20.0 Å². The van der Waals surface area contributed by atoms with E-state index in [1.165, 1.54) is 29.4 Å². The second-order valence-corrected chi connectivity index (χ2v) is 9.35. The lowest BCUT2D eigenvalue weighted by atomic mass is 10.1. The molecule has 5 rings (SSSR count). The SMILES string of the molecule is CN1C(=O)[C@@H](NC(=O)n2cc(Cc3cccc(F)c3)cn2)COc2ccc(OCCN3CC(F)(F)C3)cc21. The van der Waals surface area contributed by atoms with Gasteiger partial charge >= 0.3 is 6.03 Å². The van der Waals surface area contributed by atoms with Crippen LogP contribution in [-0.2, 0) is 11.2 Å². The number of carbonyl (C=O) groups excluding carboxylic acids is 2. The molecule has 9 nitrogen and oxygen atoms in total. The molecule has 0 saturated carbocycles. The van der Waals surface area contributed by atoms with Gasteiger partial charge in [-0.2, -0.15) is 9.78 Å². The van der Waals surface area contributed by atoms with Crippen LogP contribution in [0.5, 0.6) is 11.5 Å². The third-order valence-electron chi connectivity index (χ3n) is 6.35. The average molecular weight is 530 g/mol. The molecule has 0 radical (unpaired) electrons. The predicted octanol–water partition coefficient (Wildman–Crippen LogP) is 2.92. The van der Waals surface area contributed by atoms with Crippen molar-refractivity contribution in [1.29, 1.82) is 0 Å². The summed E-state index contributed by atoms with van der Waals surface area (Å²) < 4.78 is 51.9. The van der Waals surface area contributed by atoms with Gasteiger partial charge in [0.25, 0.3) is 11.8 Å². The Bertz CT molecular complexity index is 1340. The van der Waals surface area contributed by atoms with Crippen molar-refractivity contribution in [3.8, 4) is 11.5 Å². The van der Waals surface area contributed by atoms with E-state index in [0.29, 0.717) is 35.7 Å². The van der Waals surface area contributed by atoms with E-state index in [1.54, 1.807) is 42.3 Å². The van der Waals surface area contributed by atoms with Crippen molar-refractivity contribution in [3.05, 3.63) is 71.8 Å². The van der Waals surface area contributed by atoms with Crippen LogP contribution in [0, 0.1) is 5.82 Å². The monoisotopic (exact) mass is 529 g/mol. The Balaban J connectivity index is 1.18. The summed E-state index contributed by atoms with van der Waals surface area (Å²) in [6.07, 6.45) is 3.42. The lowest BCUT2D eigenvalue weighted by Crippen LogP contribution is -2.56. The number of carbonyl (C=O) groups is 2. The third kappa shape index (κ3) is 5.75. The van der Waals surface area contributed by atoms with E-state index in [1.807, 2.05) is 0 Å². The third-order valence-corrected chi connectivity index (χ3v) is 6.35. The number of amides is 2. The van der Waals surface area contributed by atoms with Crippen LogP contribution in [0.25, 0.3) is 0 Å².